The SMILES string of the molecule is CC1CCN(CCCC(=O)c2ccccc2)C1CO. The Kier molecular flexibility index (Phi) is 5.11. The van der Waals surface area contributed by atoms with E-state index in [1.807, 2.05) is 30.3 Å². The third-order valence-electron chi connectivity index (χ3n) is 4.13. The first-order chi connectivity index (χ1) is 9.22. The van der Waals surface area contributed by atoms with Crippen molar-refractivity contribution in [2.24, 2.45) is 5.92 Å². The summed E-state index contributed by atoms with van der Waals surface area (Å²) in [5.74, 6) is 0.781. The van der Waals surface area contributed by atoms with Crippen LogP contribution in [0.1, 0.15) is 36.5 Å². The van der Waals surface area contributed by atoms with Crippen molar-refractivity contribution in [3.63, 3.8) is 0 Å². The van der Waals surface area contributed by atoms with E-state index in [9.17, 15) is 9.90 Å². The molecule has 2 unspecified atom stereocenters. The van der Waals surface area contributed by atoms with Gasteiger partial charge in [-0.2, -0.15) is 0 Å². The number of aliphatic hydroxyl groups is 1. The van der Waals surface area contributed by atoms with Gasteiger partial charge in [-0.1, -0.05) is 37.3 Å². The van der Waals surface area contributed by atoms with Gasteiger partial charge in [-0.25, -0.2) is 0 Å². The van der Waals surface area contributed by atoms with Crippen LogP contribution in [0, 0.1) is 5.92 Å². The zero-order valence-corrected chi connectivity index (χ0v) is 11.6. The first-order valence-electron chi connectivity index (χ1n) is 7.15. The third kappa shape index (κ3) is 3.64. The van der Waals surface area contributed by atoms with E-state index in [1.165, 1.54) is 0 Å². The maximum absolute atomic E-state index is 12.0. The van der Waals surface area contributed by atoms with Gasteiger partial charge in [0.05, 0.1) is 6.61 Å². The van der Waals surface area contributed by atoms with Crippen LogP contribution in [0.25, 0.3) is 0 Å². The van der Waals surface area contributed by atoms with Crippen LogP contribution in [-0.4, -0.2) is 41.5 Å². The lowest BCUT2D eigenvalue weighted by atomic mass is 10.0. The zero-order chi connectivity index (χ0) is 13.7. The van der Waals surface area contributed by atoms with E-state index in [2.05, 4.69) is 11.8 Å². The lowest BCUT2D eigenvalue weighted by molar-refractivity contribution is 0.0965. The van der Waals surface area contributed by atoms with Gasteiger partial charge in [-0.05, 0) is 31.8 Å². The molecule has 3 nitrogen and oxygen atoms in total. The predicted octanol–water partition coefficient (Wildman–Crippen LogP) is 2.35. The van der Waals surface area contributed by atoms with Crippen molar-refractivity contribution in [1.82, 2.24) is 4.90 Å². The Hall–Kier alpha value is -1.19. The monoisotopic (exact) mass is 261 g/mol. The molecule has 19 heavy (non-hydrogen) atoms. The summed E-state index contributed by atoms with van der Waals surface area (Å²) in [5.41, 5.74) is 0.802. The molecule has 1 aromatic carbocycles. The first-order valence-corrected chi connectivity index (χ1v) is 7.15. The molecule has 2 rings (SSSR count). The van der Waals surface area contributed by atoms with Gasteiger partial charge in [-0.3, -0.25) is 9.69 Å². The molecule has 1 fully saturated rings. The molecule has 0 amide bonds. The number of ketones is 1. The molecule has 1 N–H and O–H groups in total. The smallest absolute Gasteiger partial charge is 0.162 e. The summed E-state index contributed by atoms with van der Waals surface area (Å²) in [6.07, 6.45) is 2.61. The number of aliphatic hydroxyl groups excluding tert-OH is 1. The molecule has 0 bridgehead atoms. The maximum Gasteiger partial charge on any atom is 0.162 e. The lowest BCUT2D eigenvalue weighted by Crippen LogP contribution is -2.36. The van der Waals surface area contributed by atoms with Crippen molar-refractivity contribution >= 4 is 5.78 Å². The minimum atomic E-state index is 0.216. The van der Waals surface area contributed by atoms with E-state index in [-0.39, 0.29) is 18.4 Å². The van der Waals surface area contributed by atoms with Crippen LogP contribution in [0.3, 0.4) is 0 Å². The van der Waals surface area contributed by atoms with Crippen LogP contribution in [0.4, 0.5) is 0 Å². The van der Waals surface area contributed by atoms with Crippen LogP contribution < -0.4 is 0 Å². The van der Waals surface area contributed by atoms with Gasteiger partial charge in [0.25, 0.3) is 0 Å². The Labute approximate surface area is 115 Å². The van der Waals surface area contributed by atoms with Crippen LogP contribution in [0.2, 0.25) is 0 Å². The third-order valence-corrected chi connectivity index (χ3v) is 4.13. The van der Waals surface area contributed by atoms with Crippen molar-refractivity contribution in [2.45, 2.75) is 32.2 Å². The molecule has 104 valence electrons. The number of hydrogen-bond donors (Lipinski definition) is 1. The summed E-state index contributed by atoms with van der Waals surface area (Å²) in [4.78, 5) is 14.3. The fraction of sp³-hybridized carbons (Fsp3) is 0.562. The molecule has 1 heterocycles. The molecule has 0 radical (unpaired) electrons. The number of Topliss-reactive ketones (excluding diaryl/α,β-unsaturated/α-hetero) is 1. The van der Waals surface area contributed by atoms with Gasteiger partial charge in [0, 0.05) is 18.0 Å². The van der Waals surface area contributed by atoms with Crippen molar-refractivity contribution < 1.29 is 9.90 Å². The second-order valence-electron chi connectivity index (χ2n) is 5.44. The van der Waals surface area contributed by atoms with E-state index in [0.717, 1.165) is 31.5 Å². The van der Waals surface area contributed by atoms with Crippen molar-refractivity contribution in [2.75, 3.05) is 19.7 Å². The zero-order valence-electron chi connectivity index (χ0n) is 11.6. The van der Waals surface area contributed by atoms with Crippen molar-refractivity contribution in [1.29, 1.82) is 0 Å². The van der Waals surface area contributed by atoms with E-state index in [0.29, 0.717) is 12.3 Å². The van der Waals surface area contributed by atoms with Crippen molar-refractivity contribution in [3.05, 3.63) is 35.9 Å². The summed E-state index contributed by atoms with van der Waals surface area (Å²) < 4.78 is 0. The number of nitrogens with zero attached hydrogens (tertiary/aromatic N) is 1. The van der Waals surface area contributed by atoms with Gasteiger partial charge in [0.15, 0.2) is 5.78 Å². The Bertz CT molecular complexity index is 404. The molecule has 0 aliphatic carbocycles. The average Bonchev–Trinajstić information content (AvgIpc) is 2.80. The van der Waals surface area contributed by atoms with Gasteiger partial charge in [0.2, 0.25) is 0 Å². The van der Waals surface area contributed by atoms with Crippen LogP contribution in [0.5, 0.6) is 0 Å². The van der Waals surface area contributed by atoms with Gasteiger partial charge in [-0.15, -0.1) is 0 Å². The fourth-order valence-corrected chi connectivity index (χ4v) is 2.87. The van der Waals surface area contributed by atoms with E-state index in [4.69, 9.17) is 0 Å². The molecule has 0 saturated carbocycles. The van der Waals surface area contributed by atoms with Gasteiger partial charge in [0.1, 0.15) is 0 Å². The summed E-state index contributed by atoms with van der Waals surface area (Å²) in [5, 5.41) is 9.38. The number of carbonyl (C=O) groups is 1. The highest BCUT2D eigenvalue weighted by molar-refractivity contribution is 5.95. The standard InChI is InChI=1S/C16H23NO2/c1-13-9-11-17(15(13)12-18)10-5-8-16(19)14-6-3-2-4-7-14/h2-4,6-7,13,15,18H,5,8-12H2,1H3. The average molecular weight is 261 g/mol. The molecule has 3 heteroatoms. The number of rotatable bonds is 6. The normalized spacial score (nSPS) is 23.7. The van der Waals surface area contributed by atoms with Crippen LogP contribution >= 0.6 is 0 Å². The van der Waals surface area contributed by atoms with Gasteiger partial charge >= 0.3 is 0 Å². The fourth-order valence-electron chi connectivity index (χ4n) is 2.87. The number of likely N-dealkylation sites (tertiary alicyclic amines) is 1. The Morgan fingerprint density at radius 2 is 2.11 bits per heavy atom. The second-order valence-corrected chi connectivity index (χ2v) is 5.44. The molecule has 0 aromatic heterocycles. The number of benzene rings is 1. The molecule has 1 aliphatic heterocycles. The number of carbonyl (C=O) groups excluding carboxylic acids is 1. The summed E-state index contributed by atoms with van der Waals surface area (Å²) >= 11 is 0. The largest absolute Gasteiger partial charge is 0.395 e. The summed E-state index contributed by atoms with van der Waals surface area (Å²) in [6.45, 7) is 4.38. The predicted molar refractivity (Wildman–Crippen MR) is 76.2 cm³/mol. The van der Waals surface area contributed by atoms with Crippen molar-refractivity contribution in [3.8, 4) is 0 Å². The highest BCUT2D eigenvalue weighted by atomic mass is 16.3. The Balaban J connectivity index is 1.76. The molecule has 1 aliphatic rings. The molecule has 0 spiro atoms. The number of hydrogen-bond acceptors (Lipinski definition) is 3. The molecule has 2 atom stereocenters. The first kappa shape index (κ1) is 14.2. The van der Waals surface area contributed by atoms with Crippen LogP contribution in [-0.2, 0) is 0 Å². The van der Waals surface area contributed by atoms with Gasteiger partial charge < -0.3 is 5.11 Å². The summed E-state index contributed by atoms with van der Waals surface area (Å²) in [6, 6.07) is 9.75. The molecule has 1 aromatic rings. The second kappa shape index (κ2) is 6.83. The quantitative estimate of drug-likeness (QED) is 0.799. The Morgan fingerprint density at radius 1 is 1.37 bits per heavy atom. The minimum Gasteiger partial charge on any atom is -0.395 e. The maximum atomic E-state index is 12.0. The van der Waals surface area contributed by atoms with E-state index < -0.39 is 0 Å². The lowest BCUT2D eigenvalue weighted by Gasteiger charge is -2.24. The molecule has 1 saturated heterocycles. The van der Waals surface area contributed by atoms with E-state index >= 15 is 0 Å². The summed E-state index contributed by atoms with van der Waals surface area (Å²) in [7, 11) is 0. The highest BCUT2D eigenvalue weighted by Crippen LogP contribution is 2.23. The van der Waals surface area contributed by atoms with Crippen LogP contribution in [0.15, 0.2) is 30.3 Å². The Morgan fingerprint density at radius 3 is 2.79 bits per heavy atom. The minimum absolute atomic E-state index is 0.216. The topological polar surface area (TPSA) is 40.5 Å². The van der Waals surface area contributed by atoms with E-state index in [1.54, 1.807) is 0 Å². The molecular formula is C16H23NO2. The highest BCUT2D eigenvalue weighted by Gasteiger charge is 2.29. The molecular weight excluding hydrogens is 238 g/mol.